The number of carbonyl (C=O) groups excluding carboxylic acids is 3. The molecular formula is C39H40ClF3N10O6. The number of ether oxygens (including phenoxy) is 1. The molecule has 3 aliphatic heterocycles. The zero-order chi connectivity index (χ0) is 42.1. The lowest BCUT2D eigenvalue weighted by atomic mass is 9.85. The smallest absolute Gasteiger partial charge is 0.416 e. The normalized spacial score (nSPS) is 16.1. The fourth-order valence-corrected chi connectivity index (χ4v) is 7.87. The minimum atomic E-state index is -4.34. The van der Waals surface area contributed by atoms with Crippen molar-refractivity contribution < 1.29 is 37.4 Å². The number of benzene rings is 2. The van der Waals surface area contributed by atoms with E-state index in [-0.39, 0.29) is 60.1 Å². The van der Waals surface area contributed by atoms with Gasteiger partial charge in [-0.2, -0.15) is 22.7 Å². The molecule has 20 heteroatoms. The minimum Gasteiger partial charge on any atom is -0.505 e. The van der Waals surface area contributed by atoms with Crippen LogP contribution in [0.1, 0.15) is 40.2 Å². The standard InChI is InChI=1S/C31H33N9O6.C8H7ClF3N/c1-32-30(45)38-15-13-36(14-16-38)21-6-4-20(5-7-21)26-34-29-39(17-18-41)22-19-46-31(24(22)27(43)40(29)35-26)8-11-37(12-9-31)28(44)25-23(42)3-2-10-33-25;1-13-7-3-2-5(4-6(7)9)8(10,11)12/h2-7,10,18,42H,8-9,11-17,19H2,1H3,(H,32,45);2-4,13H,1H3. The summed E-state index contributed by atoms with van der Waals surface area (Å²) in [6.07, 6.45) is -1.43. The van der Waals surface area contributed by atoms with Crippen molar-refractivity contribution in [3.05, 3.63) is 98.7 Å². The Morgan fingerprint density at radius 1 is 1.00 bits per heavy atom. The lowest BCUT2D eigenvalue weighted by Crippen LogP contribution is -2.51. The number of rotatable bonds is 6. The number of fused-ring (bicyclic) bond motifs is 3. The van der Waals surface area contributed by atoms with Gasteiger partial charge in [-0.1, -0.05) is 11.6 Å². The number of likely N-dealkylation sites (tertiary alicyclic amines) is 1. The number of carbonyl (C=O) groups is 3. The van der Waals surface area contributed by atoms with E-state index in [9.17, 15) is 37.5 Å². The molecule has 0 saturated carbocycles. The predicted molar refractivity (Wildman–Crippen MR) is 210 cm³/mol. The van der Waals surface area contributed by atoms with Crippen LogP contribution in [0.2, 0.25) is 5.02 Å². The van der Waals surface area contributed by atoms with Crippen molar-refractivity contribution >= 4 is 47.0 Å². The molecule has 0 atom stereocenters. The van der Waals surface area contributed by atoms with E-state index in [0.717, 1.165) is 24.1 Å². The largest absolute Gasteiger partial charge is 0.505 e. The molecule has 3 amide bonds. The van der Waals surface area contributed by atoms with Crippen LogP contribution in [-0.4, -0.2) is 111 Å². The lowest BCUT2D eigenvalue weighted by Gasteiger charge is -2.38. The van der Waals surface area contributed by atoms with Crippen LogP contribution in [0.4, 0.5) is 29.3 Å². The molecule has 8 rings (SSSR count). The molecule has 5 aromatic rings. The Kier molecular flexibility index (Phi) is 11.5. The van der Waals surface area contributed by atoms with Gasteiger partial charge < -0.3 is 44.5 Å². The zero-order valence-electron chi connectivity index (χ0n) is 32.0. The summed E-state index contributed by atoms with van der Waals surface area (Å²) in [6.45, 7) is 3.31. The number of nitrogens with zero attached hydrogens (tertiary/aromatic N) is 8. The molecule has 1 spiro atoms. The average Bonchev–Trinajstić information content (AvgIpc) is 3.86. The van der Waals surface area contributed by atoms with Crippen molar-refractivity contribution in [1.82, 2.24) is 39.3 Å². The number of hydrogen-bond acceptors (Lipinski definition) is 11. The molecule has 0 radical (unpaired) electrons. The second-order valence-corrected chi connectivity index (χ2v) is 14.4. The van der Waals surface area contributed by atoms with Gasteiger partial charge in [0, 0.05) is 70.8 Å². The summed E-state index contributed by atoms with van der Waals surface area (Å²) in [6, 6.07) is 13.8. The van der Waals surface area contributed by atoms with E-state index in [1.807, 2.05) is 24.3 Å². The van der Waals surface area contributed by atoms with Crippen molar-refractivity contribution in [3.63, 3.8) is 0 Å². The Bertz CT molecular complexity index is 2440. The van der Waals surface area contributed by atoms with Crippen LogP contribution >= 0.6 is 11.6 Å². The first-order valence-electron chi connectivity index (χ1n) is 18.7. The Labute approximate surface area is 340 Å². The van der Waals surface area contributed by atoms with E-state index >= 15 is 0 Å². The van der Waals surface area contributed by atoms with E-state index in [1.54, 1.807) is 34.5 Å². The maximum atomic E-state index is 14.0. The Hall–Kier alpha value is -6.21. The van der Waals surface area contributed by atoms with Crippen LogP contribution in [0.15, 0.2) is 65.6 Å². The van der Waals surface area contributed by atoms with Crippen molar-refractivity contribution in [2.24, 2.45) is 0 Å². The molecule has 0 bridgehead atoms. The van der Waals surface area contributed by atoms with Gasteiger partial charge in [0.1, 0.15) is 17.6 Å². The first-order valence-corrected chi connectivity index (χ1v) is 19.1. The summed E-state index contributed by atoms with van der Waals surface area (Å²) in [5.74, 6) is 0.0194. The number of aromatic hydroxyl groups is 1. The molecule has 2 fully saturated rings. The van der Waals surface area contributed by atoms with Crippen molar-refractivity contribution in [3.8, 4) is 17.1 Å². The van der Waals surface area contributed by atoms with Crippen molar-refractivity contribution in [1.29, 1.82) is 0 Å². The number of piperazine rings is 1. The number of nitrogens with one attached hydrogen (secondary N) is 2. The summed E-state index contributed by atoms with van der Waals surface area (Å²) in [7, 11) is 3.22. The SMILES string of the molecule is CNC(=O)N1CCN(c2ccc(-c3nc4n(CC=O)c5c(c(=O)n4n3)C3(CCN(C(=O)c4ncccc4O)CC3)OC5)cc2)CC1.CNc1ccc(C(F)(F)F)cc1Cl. The van der Waals surface area contributed by atoms with E-state index in [2.05, 4.69) is 30.6 Å². The Morgan fingerprint density at radius 3 is 2.32 bits per heavy atom. The molecule has 3 aliphatic rings. The van der Waals surface area contributed by atoms with Gasteiger partial charge >= 0.3 is 12.2 Å². The van der Waals surface area contributed by atoms with Gasteiger partial charge in [0.05, 0.1) is 40.7 Å². The van der Waals surface area contributed by atoms with Crippen LogP contribution in [0.25, 0.3) is 17.2 Å². The molecular weight excluding hydrogens is 797 g/mol. The highest BCUT2D eigenvalue weighted by Crippen LogP contribution is 2.43. The van der Waals surface area contributed by atoms with Crippen molar-refractivity contribution in [2.45, 2.75) is 37.8 Å². The third-order valence-electron chi connectivity index (χ3n) is 10.7. The maximum absolute atomic E-state index is 14.0. The first-order chi connectivity index (χ1) is 28.3. The van der Waals surface area contributed by atoms with Gasteiger partial charge in [-0.25, -0.2) is 9.78 Å². The highest BCUT2D eigenvalue weighted by molar-refractivity contribution is 6.33. The summed E-state index contributed by atoms with van der Waals surface area (Å²) in [5.41, 5.74) is 1.13. The van der Waals surface area contributed by atoms with E-state index in [0.29, 0.717) is 67.4 Å². The number of anilines is 2. The molecule has 3 aromatic heterocycles. The van der Waals surface area contributed by atoms with Gasteiger partial charge in [-0.05, 0) is 67.4 Å². The van der Waals surface area contributed by atoms with Gasteiger partial charge in [0.25, 0.3) is 11.5 Å². The summed E-state index contributed by atoms with van der Waals surface area (Å²) in [4.78, 5) is 65.1. The minimum absolute atomic E-state index is 0.0204. The zero-order valence-corrected chi connectivity index (χ0v) is 32.8. The van der Waals surface area contributed by atoms with Gasteiger partial charge in [-0.15, -0.1) is 5.10 Å². The van der Waals surface area contributed by atoms with Crippen LogP contribution in [0, 0.1) is 0 Å². The topological polar surface area (TPSA) is 180 Å². The van der Waals surface area contributed by atoms with E-state index in [4.69, 9.17) is 16.3 Å². The molecule has 59 heavy (non-hydrogen) atoms. The van der Waals surface area contributed by atoms with Gasteiger partial charge in [0.15, 0.2) is 11.5 Å². The molecule has 2 saturated heterocycles. The second-order valence-electron chi connectivity index (χ2n) is 14.0. The van der Waals surface area contributed by atoms with Gasteiger partial charge in [0.2, 0.25) is 5.78 Å². The predicted octanol–water partition coefficient (Wildman–Crippen LogP) is 4.38. The molecule has 16 nitrogen and oxygen atoms in total. The fourth-order valence-electron chi connectivity index (χ4n) is 7.59. The number of halogens is 4. The second kappa shape index (κ2) is 16.6. The van der Waals surface area contributed by atoms with E-state index in [1.165, 1.54) is 22.8 Å². The molecule has 2 aromatic carbocycles. The number of amides is 3. The maximum Gasteiger partial charge on any atom is 0.416 e. The number of aromatic nitrogens is 5. The molecule has 0 unspecified atom stereocenters. The highest BCUT2D eigenvalue weighted by atomic mass is 35.5. The fraction of sp³-hybridized carbons (Fsp3) is 0.359. The van der Waals surface area contributed by atoms with E-state index < -0.39 is 23.2 Å². The number of hydrogen-bond donors (Lipinski definition) is 3. The number of piperidine rings is 1. The summed E-state index contributed by atoms with van der Waals surface area (Å²) in [5, 5.41) is 20.1. The molecule has 310 valence electrons. The average molecular weight is 837 g/mol. The Balaban J connectivity index is 0.000000348. The number of alkyl halides is 3. The monoisotopic (exact) mass is 836 g/mol. The molecule has 6 heterocycles. The number of urea groups is 1. The summed E-state index contributed by atoms with van der Waals surface area (Å²) >= 11 is 5.57. The summed E-state index contributed by atoms with van der Waals surface area (Å²) < 4.78 is 45.6. The van der Waals surface area contributed by atoms with Crippen LogP contribution in [-0.2, 0) is 34.5 Å². The van der Waals surface area contributed by atoms with Crippen LogP contribution < -0.4 is 21.1 Å². The van der Waals surface area contributed by atoms with Crippen molar-refractivity contribution in [2.75, 3.05) is 63.6 Å². The Morgan fingerprint density at radius 2 is 1.71 bits per heavy atom. The number of aldehydes is 1. The van der Waals surface area contributed by atoms with Gasteiger partial charge in [-0.3, -0.25) is 9.59 Å². The quantitative estimate of drug-likeness (QED) is 0.207. The van der Waals surface area contributed by atoms with Crippen LogP contribution in [0.5, 0.6) is 5.75 Å². The van der Waals surface area contributed by atoms with Crippen LogP contribution in [0.3, 0.4) is 0 Å². The third kappa shape index (κ3) is 7.99. The number of pyridine rings is 1. The molecule has 3 N–H and O–H groups in total. The third-order valence-corrected chi connectivity index (χ3v) is 11.0. The highest BCUT2D eigenvalue weighted by Gasteiger charge is 2.48. The lowest BCUT2D eigenvalue weighted by molar-refractivity contribution is -0.137. The molecule has 0 aliphatic carbocycles. The first kappa shape index (κ1) is 41.0.